The zero-order valence-electron chi connectivity index (χ0n) is 11.0. The smallest absolute Gasteiger partial charge is 0.270 e. The molecule has 1 heterocycles. The predicted octanol–water partition coefficient (Wildman–Crippen LogP) is 2.16. The number of benzene rings is 1. The molecule has 0 spiro atoms. The molecule has 1 aromatic heterocycles. The molecule has 1 aliphatic carbocycles. The lowest BCUT2D eigenvalue weighted by Gasteiger charge is -2.09. The van der Waals surface area contributed by atoms with Crippen LogP contribution in [0.3, 0.4) is 0 Å². The fraction of sp³-hybridized carbons (Fsp3) is 0.267. The lowest BCUT2D eigenvalue weighted by molar-refractivity contribution is 0.100. The number of amides is 1. The SMILES string of the molecule is O=C(Nn1c(O)c2c(c1O)CCCC2)c1ccccc1. The van der Waals surface area contributed by atoms with Crippen LogP contribution in [0.1, 0.15) is 34.3 Å². The second-order valence-electron chi connectivity index (χ2n) is 4.95. The number of aromatic hydroxyl groups is 2. The average molecular weight is 272 g/mol. The maximum atomic E-state index is 12.1. The highest BCUT2D eigenvalue weighted by Gasteiger charge is 2.25. The Kier molecular flexibility index (Phi) is 3.10. The predicted molar refractivity (Wildman–Crippen MR) is 74.5 cm³/mol. The number of nitrogens with one attached hydrogen (secondary N) is 1. The molecule has 1 aliphatic rings. The van der Waals surface area contributed by atoms with Gasteiger partial charge in [-0.25, -0.2) is 0 Å². The van der Waals surface area contributed by atoms with E-state index in [2.05, 4.69) is 5.43 Å². The first-order valence-corrected chi connectivity index (χ1v) is 6.69. The van der Waals surface area contributed by atoms with Crippen molar-refractivity contribution in [3.05, 3.63) is 47.0 Å². The van der Waals surface area contributed by atoms with Crippen LogP contribution < -0.4 is 5.43 Å². The van der Waals surface area contributed by atoms with Gasteiger partial charge in [-0.1, -0.05) is 18.2 Å². The third kappa shape index (κ3) is 2.01. The molecular weight excluding hydrogens is 256 g/mol. The fourth-order valence-corrected chi connectivity index (χ4v) is 2.63. The van der Waals surface area contributed by atoms with Crippen LogP contribution >= 0.6 is 0 Å². The highest BCUT2D eigenvalue weighted by atomic mass is 16.3. The molecule has 0 bridgehead atoms. The summed E-state index contributed by atoms with van der Waals surface area (Å²) < 4.78 is 1.07. The Morgan fingerprint density at radius 3 is 2.10 bits per heavy atom. The molecule has 5 nitrogen and oxygen atoms in total. The molecule has 0 saturated carbocycles. The van der Waals surface area contributed by atoms with Gasteiger partial charge in [0.05, 0.1) is 0 Å². The monoisotopic (exact) mass is 272 g/mol. The van der Waals surface area contributed by atoms with Gasteiger partial charge in [0.15, 0.2) is 0 Å². The van der Waals surface area contributed by atoms with Crippen molar-refractivity contribution in [2.45, 2.75) is 25.7 Å². The molecule has 1 aromatic carbocycles. The lowest BCUT2D eigenvalue weighted by Crippen LogP contribution is -2.22. The first-order valence-electron chi connectivity index (χ1n) is 6.69. The number of fused-ring (bicyclic) bond motifs is 1. The number of nitrogens with zero attached hydrogens (tertiary/aromatic N) is 1. The molecule has 5 heteroatoms. The minimum atomic E-state index is -0.372. The summed E-state index contributed by atoms with van der Waals surface area (Å²) in [5, 5.41) is 20.3. The molecule has 0 aliphatic heterocycles. The zero-order valence-corrected chi connectivity index (χ0v) is 11.0. The number of hydrogen-bond donors (Lipinski definition) is 3. The molecule has 20 heavy (non-hydrogen) atoms. The molecule has 0 unspecified atom stereocenters. The Hall–Kier alpha value is -2.43. The van der Waals surface area contributed by atoms with E-state index in [9.17, 15) is 15.0 Å². The highest BCUT2D eigenvalue weighted by molar-refractivity contribution is 6.00. The van der Waals surface area contributed by atoms with Crippen molar-refractivity contribution in [1.82, 2.24) is 4.68 Å². The second kappa shape index (κ2) is 4.92. The zero-order chi connectivity index (χ0) is 14.1. The first kappa shape index (κ1) is 12.6. The summed E-state index contributed by atoms with van der Waals surface area (Å²) in [6.07, 6.45) is 3.42. The van der Waals surface area contributed by atoms with E-state index in [0.717, 1.165) is 41.5 Å². The molecule has 0 saturated heterocycles. The molecule has 0 radical (unpaired) electrons. The number of rotatable bonds is 2. The van der Waals surface area contributed by atoms with E-state index in [0.29, 0.717) is 5.56 Å². The minimum Gasteiger partial charge on any atom is -0.493 e. The van der Waals surface area contributed by atoms with Crippen LogP contribution in [0, 0.1) is 0 Å². The molecule has 0 atom stereocenters. The van der Waals surface area contributed by atoms with Crippen LogP contribution in [0.5, 0.6) is 11.8 Å². The van der Waals surface area contributed by atoms with E-state index < -0.39 is 0 Å². The van der Waals surface area contributed by atoms with E-state index in [4.69, 9.17) is 0 Å². The van der Waals surface area contributed by atoms with Gasteiger partial charge in [-0.15, -0.1) is 0 Å². The molecule has 3 rings (SSSR count). The van der Waals surface area contributed by atoms with Crippen molar-refractivity contribution in [3.63, 3.8) is 0 Å². The third-order valence-electron chi connectivity index (χ3n) is 3.68. The van der Waals surface area contributed by atoms with Gasteiger partial charge in [0.1, 0.15) is 0 Å². The Bertz CT molecular complexity index is 617. The first-order chi connectivity index (χ1) is 9.68. The Balaban J connectivity index is 1.92. The van der Waals surface area contributed by atoms with Crippen LogP contribution in [0.2, 0.25) is 0 Å². The average Bonchev–Trinajstić information content (AvgIpc) is 2.74. The fourth-order valence-electron chi connectivity index (χ4n) is 2.63. The normalized spacial score (nSPS) is 13.8. The van der Waals surface area contributed by atoms with Crippen molar-refractivity contribution in [3.8, 4) is 11.8 Å². The molecule has 0 fully saturated rings. The topological polar surface area (TPSA) is 74.5 Å². The lowest BCUT2D eigenvalue weighted by atomic mass is 9.95. The number of aromatic nitrogens is 1. The van der Waals surface area contributed by atoms with Gasteiger partial charge in [0, 0.05) is 16.7 Å². The van der Waals surface area contributed by atoms with Crippen LogP contribution in [-0.2, 0) is 12.8 Å². The van der Waals surface area contributed by atoms with Crippen molar-refractivity contribution in [1.29, 1.82) is 0 Å². The molecule has 3 N–H and O–H groups in total. The standard InChI is InChI=1S/C15H16N2O3/c18-13(10-6-2-1-3-7-10)16-17-14(19)11-8-4-5-9-12(11)15(17)20/h1-3,6-7,19-20H,4-5,8-9H2,(H,16,18). The van der Waals surface area contributed by atoms with E-state index in [1.807, 2.05) is 6.07 Å². The summed E-state index contributed by atoms with van der Waals surface area (Å²) >= 11 is 0. The van der Waals surface area contributed by atoms with Crippen LogP contribution in [0.15, 0.2) is 30.3 Å². The quantitative estimate of drug-likeness (QED) is 0.784. The van der Waals surface area contributed by atoms with E-state index in [-0.39, 0.29) is 17.7 Å². The largest absolute Gasteiger partial charge is 0.493 e. The van der Waals surface area contributed by atoms with Crippen molar-refractivity contribution in [2.24, 2.45) is 0 Å². The Labute approximate surface area is 116 Å². The Morgan fingerprint density at radius 1 is 1.00 bits per heavy atom. The van der Waals surface area contributed by atoms with Crippen LogP contribution in [0.25, 0.3) is 0 Å². The van der Waals surface area contributed by atoms with Gasteiger partial charge in [-0.3, -0.25) is 10.2 Å². The van der Waals surface area contributed by atoms with Crippen molar-refractivity contribution in [2.75, 3.05) is 5.43 Å². The maximum Gasteiger partial charge on any atom is 0.270 e. The summed E-state index contributed by atoms with van der Waals surface area (Å²) in [7, 11) is 0. The van der Waals surface area contributed by atoms with Gasteiger partial charge in [-0.05, 0) is 37.8 Å². The van der Waals surface area contributed by atoms with E-state index >= 15 is 0 Å². The highest BCUT2D eigenvalue weighted by Crippen LogP contribution is 2.37. The van der Waals surface area contributed by atoms with Crippen LogP contribution in [0.4, 0.5) is 0 Å². The molecule has 104 valence electrons. The van der Waals surface area contributed by atoms with Gasteiger partial charge < -0.3 is 10.2 Å². The van der Waals surface area contributed by atoms with Gasteiger partial charge in [0.2, 0.25) is 11.8 Å². The molecule has 1 amide bonds. The van der Waals surface area contributed by atoms with Gasteiger partial charge in [0.25, 0.3) is 5.91 Å². The van der Waals surface area contributed by atoms with Gasteiger partial charge in [-0.2, -0.15) is 4.68 Å². The van der Waals surface area contributed by atoms with Gasteiger partial charge >= 0.3 is 0 Å². The second-order valence-corrected chi connectivity index (χ2v) is 4.95. The third-order valence-corrected chi connectivity index (χ3v) is 3.68. The van der Waals surface area contributed by atoms with E-state index in [1.165, 1.54) is 0 Å². The number of carbonyl (C=O) groups is 1. The molecular formula is C15H16N2O3. The minimum absolute atomic E-state index is 0.0681. The summed E-state index contributed by atoms with van der Waals surface area (Å²) in [5.41, 5.74) is 4.48. The Morgan fingerprint density at radius 2 is 1.55 bits per heavy atom. The van der Waals surface area contributed by atoms with E-state index in [1.54, 1.807) is 24.3 Å². The number of hydrogen-bond acceptors (Lipinski definition) is 3. The van der Waals surface area contributed by atoms with Crippen molar-refractivity contribution < 1.29 is 15.0 Å². The summed E-state index contributed by atoms with van der Waals surface area (Å²) in [6.45, 7) is 0. The number of carbonyl (C=O) groups excluding carboxylic acids is 1. The maximum absolute atomic E-state index is 12.1. The molecule has 2 aromatic rings. The summed E-state index contributed by atoms with van der Waals surface area (Å²) in [4.78, 5) is 12.1. The summed E-state index contributed by atoms with van der Waals surface area (Å²) in [5.74, 6) is -0.508. The van der Waals surface area contributed by atoms with Crippen LogP contribution in [-0.4, -0.2) is 20.8 Å². The van der Waals surface area contributed by atoms with Crippen molar-refractivity contribution >= 4 is 5.91 Å². The summed E-state index contributed by atoms with van der Waals surface area (Å²) in [6, 6.07) is 8.68.